The summed E-state index contributed by atoms with van der Waals surface area (Å²) in [5.41, 5.74) is 0.699. The Hall–Kier alpha value is -1.63. The van der Waals surface area contributed by atoms with Crippen LogP contribution < -0.4 is 10.6 Å². The molecule has 5 nitrogen and oxygen atoms in total. The molecule has 0 radical (unpaired) electrons. The molecular formula is C19H27Cl2FN4O. The summed E-state index contributed by atoms with van der Waals surface area (Å²) in [6.07, 6.45) is 7.14. The predicted octanol–water partition coefficient (Wildman–Crippen LogP) is 3.39. The highest BCUT2D eigenvalue weighted by atomic mass is 35.5. The molecule has 1 amide bonds. The lowest BCUT2D eigenvalue weighted by Gasteiger charge is -2.23. The number of hydrogen-bond acceptors (Lipinski definition) is 3. The summed E-state index contributed by atoms with van der Waals surface area (Å²) in [5, 5.41) is 6.38. The van der Waals surface area contributed by atoms with Crippen molar-refractivity contribution in [1.29, 1.82) is 0 Å². The summed E-state index contributed by atoms with van der Waals surface area (Å²) in [6, 6.07) is 5.87. The first-order valence-corrected chi connectivity index (χ1v) is 8.86. The van der Waals surface area contributed by atoms with Gasteiger partial charge >= 0.3 is 0 Å². The van der Waals surface area contributed by atoms with Gasteiger partial charge in [0.1, 0.15) is 17.7 Å². The highest BCUT2D eigenvalue weighted by Crippen LogP contribution is 2.22. The summed E-state index contributed by atoms with van der Waals surface area (Å²) in [6.45, 7) is 2.07. The van der Waals surface area contributed by atoms with E-state index in [0.717, 1.165) is 32.4 Å². The van der Waals surface area contributed by atoms with Gasteiger partial charge in [0.15, 0.2) is 0 Å². The molecule has 8 heteroatoms. The molecule has 150 valence electrons. The van der Waals surface area contributed by atoms with Crippen molar-refractivity contribution in [2.75, 3.05) is 13.1 Å². The third kappa shape index (κ3) is 6.48. The lowest BCUT2D eigenvalue weighted by atomic mass is 9.93. The van der Waals surface area contributed by atoms with Crippen molar-refractivity contribution < 1.29 is 9.18 Å². The minimum absolute atomic E-state index is 0. The second kappa shape index (κ2) is 11.3. The molecule has 0 bridgehead atoms. The van der Waals surface area contributed by atoms with Crippen LogP contribution in [-0.2, 0) is 11.8 Å². The summed E-state index contributed by atoms with van der Waals surface area (Å²) in [7, 11) is 1.87. The number of aromatic nitrogens is 2. The van der Waals surface area contributed by atoms with Gasteiger partial charge < -0.3 is 15.2 Å². The molecule has 2 heterocycles. The van der Waals surface area contributed by atoms with Gasteiger partial charge in [0.25, 0.3) is 0 Å². The molecule has 2 aromatic rings. The summed E-state index contributed by atoms with van der Waals surface area (Å²) < 4.78 is 15.5. The third-order valence-electron chi connectivity index (χ3n) is 4.84. The van der Waals surface area contributed by atoms with E-state index < -0.39 is 6.04 Å². The molecule has 1 aliphatic heterocycles. The zero-order valence-corrected chi connectivity index (χ0v) is 17.0. The van der Waals surface area contributed by atoms with Gasteiger partial charge in [-0.05, 0) is 56.0 Å². The SMILES string of the molecule is Cl.Cl.Cn1ccnc1C(NC(=O)CCC1CCNCC1)c1cccc(F)c1. The number of nitrogens with one attached hydrogen (secondary N) is 2. The number of aryl methyl sites for hydroxylation is 1. The van der Waals surface area contributed by atoms with Crippen LogP contribution in [-0.4, -0.2) is 28.5 Å². The second-order valence-corrected chi connectivity index (χ2v) is 6.68. The number of nitrogens with zero attached hydrogens (tertiary/aromatic N) is 2. The topological polar surface area (TPSA) is 59.0 Å². The Bertz CT molecular complexity index is 719. The Morgan fingerprint density at radius 3 is 2.74 bits per heavy atom. The van der Waals surface area contributed by atoms with Crippen LogP contribution in [0.5, 0.6) is 0 Å². The maximum Gasteiger partial charge on any atom is 0.220 e. The minimum atomic E-state index is -0.448. The van der Waals surface area contributed by atoms with Crippen LogP contribution in [0.25, 0.3) is 0 Å². The Labute approximate surface area is 172 Å². The number of imidazole rings is 1. The third-order valence-corrected chi connectivity index (χ3v) is 4.84. The molecule has 1 aromatic carbocycles. The van der Waals surface area contributed by atoms with E-state index in [0.29, 0.717) is 23.7 Å². The first-order chi connectivity index (χ1) is 12.1. The Balaban J connectivity index is 0.00000182. The molecule has 1 aliphatic rings. The van der Waals surface area contributed by atoms with Crippen LogP contribution in [0, 0.1) is 11.7 Å². The van der Waals surface area contributed by atoms with Crippen LogP contribution in [0.1, 0.15) is 43.1 Å². The molecule has 0 saturated carbocycles. The fraction of sp³-hybridized carbons (Fsp3) is 0.474. The number of carbonyl (C=O) groups is 1. The van der Waals surface area contributed by atoms with Crippen molar-refractivity contribution in [3.05, 3.63) is 53.9 Å². The number of halogens is 3. The second-order valence-electron chi connectivity index (χ2n) is 6.68. The highest BCUT2D eigenvalue weighted by molar-refractivity contribution is 5.85. The molecule has 1 saturated heterocycles. The monoisotopic (exact) mass is 416 g/mol. The molecule has 0 spiro atoms. The quantitative estimate of drug-likeness (QED) is 0.758. The predicted molar refractivity (Wildman–Crippen MR) is 109 cm³/mol. The van der Waals surface area contributed by atoms with Crippen molar-refractivity contribution in [3.63, 3.8) is 0 Å². The van der Waals surface area contributed by atoms with E-state index in [1.165, 1.54) is 12.1 Å². The standard InChI is InChI=1S/C19H25FN4O.2ClH/c1-24-12-11-22-19(24)18(15-3-2-4-16(20)13-15)23-17(25)6-5-14-7-9-21-10-8-14;;/h2-4,11-14,18,21H,5-10H2,1H3,(H,23,25);2*1H. The average Bonchev–Trinajstić information content (AvgIpc) is 3.04. The zero-order chi connectivity index (χ0) is 17.6. The molecule has 1 atom stereocenters. The van der Waals surface area contributed by atoms with Gasteiger partial charge in [-0.15, -0.1) is 24.8 Å². The maximum atomic E-state index is 13.7. The van der Waals surface area contributed by atoms with E-state index in [9.17, 15) is 9.18 Å². The van der Waals surface area contributed by atoms with Gasteiger partial charge in [-0.25, -0.2) is 9.37 Å². The fourth-order valence-electron chi connectivity index (χ4n) is 3.38. The van der Waals surface area contributed by atoms with Gasteiger partial charge in [-0.1, -0.05) is 12.1 Å². The van der Waals surface area contributed by atoms with Crippen molar-refractivity contribution in [2.24, 2.45) is 13.0 Å². The van der Waals surface area contributed by atoms with Crippen LogP contribution in [0.15, 0.2) is 36.7 Å². The minimum Gasteiger partial charge on any atom is -0.342 e. The van der Waals surface area contributed by atoms with Crippen LogP contribution in [0.3, 0.4) is 0 Å². The number of rotatable bonds is 6. The Morgan fingerprint density at radius 2 is 2.11 bits per heavy atom. The molecule has 27 heavy (non-hydrogen) atoms. The first-order valence-electron chi connectivity index (χ1n) is 8.86. The van der Waals surface area contributed by atoms with Crippen LogP contribution in [0.2, 0.25) is 0 Å². The van der Waals surface area contributed by atoms with E-state index in [-0.39, 0.29) is 36.5 Å². The summed E-state index contributed by atoms with van der Waals surface area (Å²) >= 11 is 0. The number of piperidine rings is 1. The van der Waals surface area contributed by atoms with Crippen molar-refractivity contribution in [3.8, 4) is 0 Å². The van der Waals surface area contributed by atoms with Crippen molar-refractivity contribution in [1.82, 2.24) is 20.2 Å². The molecular weight excluding hydrogens is 390 g/mol. The fourth-order valence-corrected chi connectivity index (χ4v) is 3.38. The number of benzene rings is 1. The lowest BCUT2D eigenvalue weighted by Crippen LogP contribution is -2.32. The van der Waals surface area contributed by atoms with Crippen molar-refractivity contribution >= 4 is 30.7 Å². The lowest BCUT2D eigenvalue weighted by molar-refractivity contribution is -0.122. The van der Waals surface area contributed by atoms with Crippen LogP contribution in [0.4, 0.5) is 4.39 Å². The van der Waals surface area contributed by atoms with Gasteiger partial charge in [0.05, 0.1) is 0 Å². The van der Waals surface area contributed by atoms with Gasteiger partial charge in [-0.2, -0.15) is 0 Å². The number of carbonyl (C=O) groups excluding carboxylic acids is 1. The zero-order valence-electron chi connectivity index (χ0n) is 15.4. The highest BCUT2D eigenvalue weighted by Gasteiger charge is 2.22. The normalized spacial score (nSPS) is 15.3. The molecule has 0 aliphatic carbocycles. The van der Waals surface area contributed by atoms with E-state index in [1.807, 2.05) is 23.9 Å². The maximum absolute atomic E-state index is 13.7. The number of amides is 1. The summed E-state index contributed by atoms with van der Waals surface area (Å²) in [5.74, 6) is 0.963. The van der Waals surface area contributed by atoms with E-state index in [1.54, 1.807) is 12.3 Å². The van der Waals surface area contributed by atoms with E-state index >= 15 is 0 Å². The molecule has 1 fully saturated rings. The average molecular weight is 417 g/mol. The van der Waals surface area contributed by atoms with Gasteiger partial charge in [0.2, 0.25) is 5.91 Å². The largest absolute Gasteiger partial charge is 0.342 e. The van der Waals surface area contributed by atoms with Gasteiger partial charge in [0, 0.05) is 25.9 Å². The van der Waals surface area contributed by atoms with E-state index in [2.05, 4.69) is 15.6 Å². The molecule has 1 aromatic heterocycles. The smallest absolute Gasteiger partial charge is 0.220 e. The van der Waals surface area contributed by atoms with E-state index in [4.69, 9.17) is 0 Å². The molecule has 2 N–H and O–H groups in total. The summed E-state index contributed by atoms with van der Waals surface area (Å²) in [4.78, 5) is 16.8. The van der Waals surface area contributed by atoms with Gasteiger partial charge in [-0.3, -0.25) is 4.79 Å². The Morgan fingerprint density at radius 1 is 1.37 bits per heavy atom. The molecule has 3 rings (SSSR count). The van der Waals surface area contributed by atoms with Crippen LogP contribution >= 0.6 is 24.8 Å². The van der Waals surface area contributed by atoms with Crippen molar-refractivity contribution in [2.45, 2.75) is 31.7 Å². The molecule has 1 unspecified atom stereocenters. The number of hydrogen-bond donors (Lipinski definition) is 2. The Kier molecular flexibility index (Phi) is 9.77. The first kappa shape index (κ1) is 23.4.